The smallest absolute Gasteiger partial charge is 0.126 e. The van der Waals surface area contributed by atoms with Gasteiger partial charge in [-0.15, -0.1) is 0 Å². The normalized spacial score (nSPS) is 11.7. The molecule has 4 aromatic carbocycles. The molecule has 0 saturated heterocycles. The van der Waals surface area contributed by atoms with Gasteiger partial charge in [0.15, 0.2) is 0 Å². The van der Waals surface area contributed by atoms with Crippen LogP contribution in [0.4, 0.5) is 0 Å². The summed E-state index contributed by atoms with van der Waals surface area (Å²) in [7, 11) is 0. The van der Waals surface area contributed by atoms with Crippen molar-refractivity contribution in [1.29, 1.82) is 0 Å². The molecule has 2 nitrogen and oxygen atoms in total. The lowest BCUT2D eigenvalue weighted by Gasteiger charge is -2.09. The summed E-state index contributed by atoms with van der Waals surface area (Å²) in [6.07, 6.45) is 1.65. The van der Waals surface area contributed by atoms with Crippen molar-refractivity contribution in [2.75, 3.05) is 0 Å². The fourth-order valence-electron chi connectivity index (χ4n) is 3.43. The van der Waals surface area contributed by atoms with Crippen molar-refractivity contribution < 1.29 is 5.11 Å². The Balaban J connectivity index is 2.01. The van der Waals surface area contributed by atoms with E-state index in [1.807, 2.05) is 6.07 Å². The van der Waals surface area contributed by atoms with Gasteiger partial charge in [-0.05, 0) is 51.2 Å². The highest BCUT2D eigenvalue weighted by atomic mass is 16.3. The SMILES string of the molecule is Oc1ccnc2c1ccc1c3cc4ccccc4cc3ccc12. The minimum atomic E-state index is 0.274. The maximum absolute atomic E-state index is 10.0. The van der Waals surface area contributed by atoms with Crippen molar-refractivity contribution in [3.8, 4) is 5.75 Å². The van der Waals surface area contributed by atoms with Gasteiger partial charge in [-0.25, -0.2) is 0 Å². The standard InChI is InChI=1S/C21H13NO/c23-20-9-10-22-21-17-6-5-15-11-13-3-1-2-4-14(13)12-19(15)16(17)7-8-18(20)21/h1-12H,(H,22,23). The zero-order chi connectivity index (χ0) is 15.4. The predicted molar refractivity (Wildman–Crippen MR) is 95.9 cm³/mol. The topological polar surface area (TPSA) is 33.1 Å². The molecule has 2 heteroatoms. The Hall–Kier alpha value is -3.13. The number of nitrogens with zero attached hydrogens (tertiary/aromatic N) is 1. The van der Waals surface area contributed by atoms with E-state index in [-0.39, 0.29) is 5.75 Å². The number of rotatable bonds is 0. The molecule has 0 aliphatic rings. The monoisotopic (exact) mass is 295 g/mol. The molecule has 1 N–H and O–H groups in total. The molecule has 0 fully saturated rings. The molecule has 0 unspecified atom stereocenters. The first-order valence-electron chi connectivity index (χ1n) is 7.63. The van der Waals surface area contributed by atoms with E-state index in [4.69, 9.17) is 0 Å². The summed E-state index contributed by atoms with van der Waals surface area (Å²) in [6.45, 7) is 0. The van der Waals surface area contributed by atoms with Crippen molar-refractivity contribution in [1.82, 2.24) is 4.98 Å². The van der Waals surface area contributed by atoms with Gasteiger partial charge in [0.05, 0.1) is 5.52 Å². The van der Waals surface area contributed by atoms with Gasteiger partial charge in [0.2, 0.25) is 0 Å². The van der Waals surface area contributed by atoms with Crippen LogP contribution in [-0.4, -0.2) is 10.1 Å². The van der Waals surface area contributed by atoms with Gasteiger partial charge in [0, 0.05) is 17.0 Å². The van der Waals surface area contributed by atoms with Crippen molar-refractivity contribution in [2.24, 2.45) is 0 Å². The van der Waals surface area contributed by atoms with Gasteiger partial charge in [-0.1, -0.05) is 42.5 Å². The molecule has 108 valence electrons. The van der Waals surface area contributed by atoms with Gasteiger partial charge >= 0.3 is 0 Å². The van der Waals surface area contributed by atoms with Gasteiger partial charge in [-0.3, -0.25) is 4.98 Å². The summed E-state index contributed by atoms with van der Waals surface area (Å²) >= 11 is 0. The Bertz CT molecular complexity index is 1220. The maximum Gasteiger partial charge on any atom is 0.126 e. The average Bonchev–Trinajstić information content (AvgIpc) is 2.60. The molecule has 0 amide bonds. The molecule has 0 spiro atoms. The molecule has 1 aromatic heterocycles. The first-order valence-corrected chi connectivity index (χ1v) is 7.63. The van der Waals surface area contributed by atoms with Crippen LogP contribution in [0.2, 0.25) is 0 Å². The zero-order valence-electron chi connectivity index (χ0n) is 12.3. The maximum atomic E-state index is 10.0. The number of hydrogen-bond donors (Lipinski definition) is 1. The molecule has 0 bridgehead atoms. The summed E-state index contributed by atoms with van der Waals surface area (Å²) in [5, 5.41) is 18.0. The molecule has 0 aliphatic heterocycles. The number of hydrogen-bond acceptors (Lipinski definition) is 2. The first kappa shape index (κ1) is 12.4. The van der Waals surface area contributed by atoms with E-state index in [1.165, 1.54) is 26.9 Å². The van der Waals surface area contributed by atoms with E-state index >= 15 is 0 Å². The van der Waals surface area contributed by atoms with E-state index in [2.05, 4.69) is 59.6 Å². The summed E-state index contributed by atoms with van der Waals surface area (Å²) in [5.41, 5.74) is 0.845. The Kier molecular flexibility index (Phi) is 2.39. The molecular formula is C21H13NO. The number of fused-ring (bicyclic) bond motifs is 6. The van der Waals surface area contributed by atoms with Crippen LogP contribution in [0.5, 0.6) is 5.75 Å². The van der Waals surface area contributed by atoms with E-state index in [0.29, 0.717) is 0 Å². The third-order valence-corrected chi connectivity index (χ3v) is 4.57. The summed E-state index contributed by atoms with van der Waals surface area (Å²) in [4.78, 5) is 4.48. The van der Waals surface area contributed by atoms with E-state index in [9.17, 15) is 5.11 Å². The van der Waals surface area contributed by atoms with Gasteiger partial charge < -0.3 is 5.11 Å². The molecule has 5 aromatic rings. The van der Waals surface area contributed by atoms with Crippen molar-refractivity contribution >= 4 is 43.2 Å². The van der Waals surface area contributed by atoms with Crippen molar-refractivity contribution in [3.63, 3.8) is 0 Å². The van der Waals surface area contributed by atoms with Crippen LogP contribution >= 0.6 is 0 Å². The fraction of sp³-hybridized carbons (Fsp3) is 0. The van der Waals surface area contributed by atoms with Gasteiger partial charge in [0.25, 0.3) is 0 Å². The number of aromatic nitrogens is 1. The van der Waals surface area contributed by atoms with Gasteiger partial charge in [0.1, 0.15) is 5.75 Å². The van der Waals surface area contributed by atoms with Crippen molar-refractivity contribution in [3.05, 3.63) is 72.9 Å². The second-order valence-corrected chi connectivity index (χ2v) is 5.87. The van der Waals surface area contributed by atoms with Crippen LogP contribution in [0.25, 0.3) is 43.2 Å². The molecule has 0 aliphatic carbocycles. The summed E-state index contributed by atoms with van der Waals surface area (Å²) in [6, 6.07) is 22.8. The zero-order valence-corrected chi connectivity index (χ0v) is 12.3. The number of aromatic hydroxyl groups is 1. The first-order chi connectivity index (χ1) is 11.3. The van der Waals surface area contributed by atoms with Crippen LogP contribution in [0.1, 0.15) is 0 Å². The molecule has 0 saturated carbocycles. The third kappa shape index (κ3) is 1.72. The van der Waals surface area contributed by atoms with Crippen LogP contribution in [0.3, 0.4) is 0 Å². The largest absolute Gasteiger partial charge is 0.507 e. The number of pyridine rings is 1. The van der Waals surface area contributed by atoms with Crippen LogP contribution < -0.4 is 0 Å². The Morgan fingerprint density at radius 3 is 2.22 bits per heavy atom. The van der Waals surface area contributed by atoms with E-state index < -0.39 is 0 Å². The summed E-state index contributed by atoms with van der Waals surface area (Å²) in [5.74, 6) is 0.274. The minimum Gasteiger partial charge on any atom is -0.507 e. The lowest BCUT2D eigenvalue weighted by Crippen LogP contribution is -1.84. The Morgan fingerprint density at radius 1 is 0.609 bits per heavy atom. The van der Waals surface area contributed by atoms with Crippen LogP contribution in [0.15, 0.2) is 72.9 Å². The molecule has 23 heavy (non-hydrogen) atoms. The van der Waals surface area contributed by atoms with Crippen molar-refractivity contribution in [2.45, 2.75) is 0 Å². The lowest BCUT2D eigenvalue weighted by molar-refractivity contribution is 0.481. The fourth-order valence-corrected chi connectivity index (χ4v) is 3.43. The molecule has 5 rings (SSSR count). The molecule has 1 heterocycles. The molecule has 0 atom stereocenters. The average molecular weight is 295 g/mol. The highest BCUT2D eigenvalue weighted by Gasteiger charge is 2.08. The Morgan fingerprint density at radius 2 is 1.35 bits per heavy atom. The molecular weight excluding hydrogens is 282 g/mol. The second kappa shape index (κ2) is 4.43. The quantitative estimate of drug-likeness (QED) is 0.306. The second-order valence-electron chi connectivity index (χ2n) is 5.87. The van der Waals surface area contributed by atoms with Gasteiger partial charge in [-0.2, -0.15) is 0 Å². The highest BCUT2D eigenvalue weighted by Crippen LogP contribution is 2.34. The third-order valence-electron chi connectivity index (χ3n) is 4.57. The minimum absolute atomic E-state index is 0.274. The highest BCUT2D eigenvalue weighted by molar-refractivity contribution is 6.18. The van der Waals surface area contributed by atoms with E-state index in [1.54, 1.807) is 12.3 Å². The van der Waals surface area contributed by atoms with Crippen LogP contribution in [-0.2, 0) is 0 Å². The Labute approximate surface area is 132 Å². The summed E-state index contributed by atoms with van der Waals surface area (Å²) < 4.78 is 0. The lowest BCUT2D eigenvalue weighted by atomic mass is 9.97. The number of benzene rings is 4. The molecule has 0 radical (unpaired) electrons. The van der Waals surface area contributed by atoms with Crippen LogP contribution in [0, 0.1) is 0 Å². The predicted octanol–water partition coefficient (Wildman–Crippen LogP) is 5.40. The van der Waals surface area contributed by atoms with E-state index in [0.717, 1.165) is 16.3 Å².